The second-order valence-electron chi connectivity index (χ2n) is 6.96. The van der Waals surface area contributed by atoms with Gasteiger partial charge in [-0.2, -0.15) is 10.1 Å². The molecule has 2 aliphatic heterocycles. The molecule has 2 aliphatic rings. The molecule has 1 N–H and O–H groups in total. The van der Waals surface area contributed by atoms with Crippen LogP contribution in [0.1, 0.15) is 32.2 Å². The third-order valence-corrected chi connectivity index (χ3v) is 5.25. The average Bonchev–Trinajstić information content (AvgIpc) is 3.19. The van der Waals surface area contributed by atoms with Crippen LogP contribution in [-0.2, 0) is 11.3 Å². The Labute approximate surface area is 160 Å². The number of hydrogen-bond acceptors (Lipinski definition) is 7. The van der Waals surface area contributed by atoms with Crippen molar-refractivity contribution in [1.29, 1.82) is 0 Å². The lowest BCUT2D eigenvalue weighted by atomic mass is 10.1. The molecule has 0 radical (unpaired) electrons. The van der Waals surface area contributed by atoms with Crippen molar-refractivity contribution in [1.82, 2.24) is 29.5 Å². The first-order chi connectivity index (χ1) is 13.2. The molecule has 0 saturated carbocycles. The minimum absolute atomic E-state index is 0.232. The number of ether oxygens (including phenoxy) is 2. The minimum atomic E-state index is 0.232. The van der Waals surface area contributed by atoms with Crippen molar-refractivity contribution in [3.63, 3.8) is 0 Å². The third kappa shape index (κ3) is 3.10. The molecule has 0 aromatic carbocycles. The zero-order valence-electron chi connectivity index (χ0n) is 14.9. The largest absolute Gasteiger partial charge is 0.475 e. The Hall–Kier alpha value is -2.39. The van der Waals surface area contributed by atoms with Gasteiger partial charge in [0.25, 0.3) is 5.88 Å². The van der Waals surface area contributed by atoms with Crippen molar-refractivity contribution in [2.75, 3.05) is 18.5 Å². The first kappa shape index (κ1) is 16.8. The molecule has 1 fully saturated rings. The highest BCUT2D eigenvalue weighted by Gasteiger charge is 2.24. The van der Waals surface area contributed by atoms with Gasteiger partial charge in [-0.25, -0.2) is 9.67 Å². The number of rotatable bonds is 1. The lowest BCUT2D eigenvalue weighted by molar-refractivity contribution is 0.00327. The van der Waals surface area contributed by atoms with Gasteiger partial charge in [0, 0.05) is 25.8 Å². The zero-order valence-corrected chi connectivity index (χ0v) is 15.7. The summed E-state index contributed by atoms with van der Waals surface area (Å²) in [5.41, 5.74) is 1.47. The van der Waals surface area contributed by atoms with Crippen LogP contribution in [0.15, 0.2) is 12.4 Å². The minimum Gasteiger partial charge on any atom is -0.475 e. The van der Waals surface area contributed by atoms with E-state index >= 15 is 0 Å². The maximum absolute atomic E-state index is 6.20. The van der Waals surface area contributed by atoms with Crippen molar-refractivity contribution < 1.29 is 9.47 Å². The smallest absolute Gasteiger partial charge is 0.256 e. The quantitative estimate of drug-likeness (QED) is 0.684. The van der Waals surface area contributed by atoms with Crippen LogP contribution in [0.25, 0.3) is 11.0 Å². The molecule has 0 amide bonds. The number of nitrogens with one attached hydrogen (secondary N) is 1. The van der Waals surface area contributed by atoms with E-state index in [9.17, 15) is 0 Å². The molecule has 2 bridgehead atoms. The zero-order chi connectivity index (χ0) is 18.4. The third-order valence-electron chi connectivity index (χ3n) is 4.97. The summed E-state index contributed by atoms with van der Waals surface area (Å²) < 4.78 is 15.4. The maximum Gasteiger partial charge on any atom is 0.256 e. The molecular formula is C17H20ClN7O2. The van der Waals surface area contributed by atoms with Gasteiger partial charge in [0.1, 0.15) is 5.69 Å². The van der Waals surface area contributed by atoms with Gasteiger partial charge in [-0.15, -0.1) is 5.10 Å². The van der Waals surface area contributed by atoms with Crippen molar-refractivity contribution >= 4 is 34.3 Å². The van der Waals surface area contributed by atoms with Crippen LogP contribution in [0.4, 0.5) is 11.6 Å². The molecule has 3 aromatic rings. The maximum atomic E-state index is 6.20. The predicted molar refractivity (Wildman–Crippen MR) is 99.6 cm³/mol. The number of nitrogens with zero attached hydrogens (tertiary/aromatic N) is 6. The van der Waals surface area contributed by atoms with Gasteiger partial charge >= 0.3 is 0 Å². The second kappa shape index (κ2) is 6.65. The van der Waals surface area contributed by atoms with E-state index in [1.165, 1.54) is 0 Å². The lowest BCUT2D eigenvalue weighted by Gasteiger charge is -2.27. The van der Waals surface area contributed by atoms with Crippen LogP contribution in [-0.4, -0.2) is 48.8 Å². The molecule has 142 valence electrons. The average molecular weight is 390 g/mol. The highest BCUT2D eigenvalue weighted by molar-refractivity contribution is 6.34. The molecule has 5 rings (SSSR count). The van der Waals surface area contributed by atoms with E-state index in [1.807, 2.05) is 10.9 Å². The molecule has 9 nitrogen and oxygen atoms in total. The van der Waals surface area contributed by atoms with Crippen molar-refractivity contribution in [2.45, 2.75) is 44.9 Å². The Morgan fingerprint density at radius 2 is 2.22 bits per heavy atom. The molecule has 3 aromatic heterocycles. The van der Waals surface area contributed by atoms with E-state index in [0.29, 0.717) is 41.8 Å². The van der Waals surface area contributed by atoms with Gasteiger partial charge in [-0.3, -0.25) is 4.68 Å². The van der Waals surface area contributed by atoms with Crippen LogP contribution in [0.3, 0.4) is 0 Å². The fourth-order valence-electron chi connectivity index (χ4n) is 3.61. The van der Waals surface area contributed by atoms with E-state index < -0.39 is 0 Å². The van der Waals surface area contributed by atoms with E-state index in [0.717, 1.165) is 36.9 Å². The van der Waals surface area contributed by atoms with Gasteiger partial charge < -0.3 is 14.8 Å². The fraction of sp³-hybridized carbons (Fsp3) is 0.529. The van der Waals surface area contributed by atoms with E-state index in [-0.39, 0.29) is 6.10 Å². The summed E-state index contributed by atoms with van der Waals surface area (Å²) in [6.07, 6.45) is 6.53. The molecule has 2 atom stereocenters. The summed E-state index contributed by atoms with van der Waals surface area (Å²) in [6.45, 7) is 4.02. The topological polar surface area (TPSA) is 91.9 Å². The molecular weight excluding hydrogens is 370 g/mol. The van der Waals surface area contributed by atoms with Gasteiger partial charge in [0.05, 0.1) is 30.3 Å². The van der Waals surface area contributed by atoms with Gasteiger partial charge in [0.15, 0.2) is 10.8 Å². The first-order valence-corrected chi connectivity index (χ1v) is 9.55. The highest BCUT2D eigenvalue weighted by Crippen LogP contribution is 2.32. The molecule has 1 saturated heterocycles. The number of hydrogen-bond donors (Lipinski definition) is 1. The Balaban J connectivity index is 1.51. The SMILES string of the molecule is C[C@@H]1C[C@H](n2cc3c(n2)OCCCn2nc(Cl)c4cnc(nc42)N3)CCO1. The standard InChI is InChI=1S/C17H20ClN7O2/c1-10-7-11(3-6-26-10)25-9-13-16(23-25)27-5-2-4-24-15-12(14(18)22-24)8-19-17(20-13)21-15/h8-11H,2-7H2,1H3,(H,19,20,21)/t10-,11-/m1/s1. The van der Waals surface area contributed by atoms with Gasteiger partial charge in [-0.05, 0) is 19.8 Å². The fourth-order valence-corrected chi connectivity index (χ4v) is 3.84. The Kier molecular flexibility index (Phi) is 4.13. The van der Waals surface area contributed by atoms with Gasteiger partial charge in [0.2, 0.25) is 5.95 Å². The predicted octanol–water partition coefficient (Wildman–Crippen LogP) is 2.94. The summed E-state index contributed by atoms with van der Waals surface area (Å²) in [6, 6.07) is 0.295. The monoisotopic (exact) mass is 389 g/mol. The summed E-state index contributed by atoms with van der Waals surface area (Å²) in [5, 5.41) is 13.4. The summed E-state index contributed by atoms with van der Waals surface area (Å²) in [5.74, 6) is 1.03. The first-order valence-electron chi connectivity index (χ1n) is 9.17. The van der Waals surface area contributed by atoms with E-state index in [4.69, 9.17) is 21.1 Å². The van der Waals surface area contributed by atoms with E-state index in [1.54, 1.807) is 10.9 Å². The highest BCUT2D eigenvalue weighted by atomic mass is 35.5. The Morgan fingerprint density at radius 3 is 3.11 bits per heavy atom. The molecule has 27 heavy (non-hydrogen) atoms. The van der Waals surface area contributed by atoms with Crippen molar-refractivity contribution in [2.24, 2.45) is 0 Å². The molecule has 0 aliphatic carbocycles. The normalized spacial score (nSPS) is 22.7. The van der Waals surface area contributed by atoms with E-state index in [2.05, 4.69) is 32.4 Å². The lowest BCUT2D eigenvalue weighted by Crippen LogP contribution is -2.25. The number of aryl methyl sites for hydroxylation is 1. The van der Waals surface area contributed by atoms with Crippen LogP contribution in [0.2, 0.25) is 5.15 Å². The molecule has 0 unspecified atom stereocenters. The van der Waals surface area contributed by atoms with Crippen molar-refractivity contribution in [3.05, 3.63) is 17.5 Å². The summed E-state index contributed by atoms with van der Waals surface area (Å²) in [4.78, 5) is 8.96. The number of anilines is 2. The Bertz CT molecular complexity index is 985. The molecule has 0 spiro atoms. The second-order valence-corrected chi connectivity index (χ2v) is 7.32. The number of aromatic nitrogens is 6. The number of halogens is 1. The molecule has 10 heteroatoms. The molecule has 5 heterocycles. The summed E-state index contributed by atoms with van der Waals surface area (Å²) in [7, 11) is 0. The number of fused-ring (bicyclic) bond motifs is 2. The van der Waals surface area contributed by atoms with Gasteiger partial charge in [-0.1, -0.05) is 11.6 Å². The van der Waals surface area contributed by atoms with Crippen molar-refractivity contribution in [3.8, 4) is 5.88 Å². The van der Waals surface area contributed by atoms with Crippen LogP contribution < -0.4 is 10.1 Å². The van der Waals surface area contributed by atoms with Crippen LogP contribution in [0.5, 0.6) is 5.88 Å². The Morgan fingerprint density at radius 1 is 1.30 bits per heavy atom. The summed E-state index contributed by atoms with van der Waals surface area (Å²) >= 11 is 6.20. The van der Waals surface area contributed by atoms with Crippen LogP contribution >= 0.6 is 11.6 Å². The van der Waals surface area contributed by atoms with Crippen LogP contribution in [0, 0.1) is 0 Å².